The lowest BCUT2D eigenvalue weighted by Crippen LogP contribution is -2.82. The van der Waals surface area contributed by atoms with Gasteiger partial charge in [-0.15, -0.1) is 0 Å². The average Bonchev–Trinajstić information content (AvgIpc) is 2.96. The van der Waals surface area contributed by atoms with Crippen LogP contribution in [-0.4, -0.2) is 20.3 Å². The van der Waals surface area contributed by atoms with Crippen LogP contribution in [0, 0.1) is 0 Å². The van der Waals surface area contributed by atoms with Crippen LogP contribution >= 0.6 is 0 Å². The van der Waals surface area contributed by atoms with E-state index in [9.17, 15) is 0 Å². The lowest BCUT2D eigenvalue weighted by atomic mass is 10.3. The second-order valence-corrected chi connectivity index (χ2v) is 4.24. The molecule has 4 nitrogen and oxygen atoms in total. The van der Waals surface area contributed by atoms with E-state index in [1.54, 1.807) is 13.4 Å². The highest BCUT2D eigenvalue weighted by atomic mass is 16.5. The summed E-state index contributed by atoms with van der Waals surface area (Å²) in [5, 5.41) is 2.22. The maximum Gasteiger partial charge on any atom is 0.157 e. The van der Waals surface area contributed by atoms with Gasteiger partial charge in [-0.3, -0.25) is 0 Å². The van der Waals surface area contributed by atoms with Gasteiger partial charge in [0.25, 0.3) is 0 Å². The van der Waals surface area contributed by atoms with Gasteiger partial charge in [0, 0.05) is 6.42 Å². The zero-order chi connectivity index (χ0) is 13.3. The van der Waals surface area contributed by atoms with Crippen molar-refractivity contribution < 1.29 is 19.2 Å². The molecule has 0 fully saturated rings. The Morgan fingerprint density at radius 1 is 1.11 bits per heavy atom. The Hall–Kier alpha value is -1.94. The number of quaternary nitrogens is 1. The van der Waals surface area contributed by atoms with Crippen molar-refractivity contribution in [3.63, 3.8) is 0 Å². The predicted octanol–water partition coefficient (Wildman–Crippen LogP) is 1.82. The first-order valence-electron chi connectivity index (χ1n) is 6.49. The molecule has 1 heterocycles. The fourth-order valence-electron chi connectivity index (χ4n) is 1.76. The van der Waals surface area contributed by atoms with Crippen molar-refractivity contribution in [3.8, 4) is 11.5 Å². The average molecular weight is 262 g/mol. The number of benzene rings is 1. The summed E-state index contributed by atoms with van der Waals surface area (Å²) in [5.41, 5.74) is 0. The van der Waals surface area contributed by atoms with Crippen molar-refractivity contribution in [1.29, 1.82) is 0 Å². The van der Waals surface area contributed by atoms with Crippen LogP contribution in [-0.2, 0) is 6.54 Å². The molecular formula is C15H20NO3+. The minimum Gasteiger partial charge on any atom is -0.497 e. The molecular weight excluding hydrogens is 242 g/mol. The van der Waals surface area contributed by atoms with Gasteiger partial charge in [0.05, 0.1) is 26.5 Å². The molecule has 102 valence electrons. The summed E-state index contributed by atoms with van der Waals surface area (Å²) in [6, 6.07) is 11.5. The number of nitrogens with two attached hydrogens (primary N) is 1. The monoisotopic (exact) mass is 262 g/mol. The highest BCUT2D eigenvalue weighted by molar-refractivity contribution is 5.31. The van der Waals surface area contributed by atoms with Gasteiger partial charge >= 0.3 is 0 Å². The summed E-state index contributed by atoms with van der Waals surface area (Å²) in [4.78, 5) is 0. The molecule has 0 saturated heterocycles. The van der Waals surface area contributed by atoms with Gasteiger partial charge < -0.3 is 19.2 Å². The summed E-state index contributed by atoms with van der Waals surface area (Å²) in [5.74, 6) is 2.74. The van der Waals surface area contributed by atoms with Crippen molar-refractivity contribution >= 4 is 0 Å². The fourth-order valence-corrected chi connectivity index (χ4v) is 1.76. The largest absolute Gasteiger partial charge is 0.497 e. The van der Waals surface area contributed by atoms with Crippen molar-refractivity contribution in [2.45, 2.75) is 13.0 Å². The first-order chi connectivity index (χ1) is 9.38. The molecule has 19 heavy (non-hydrogen) atoms. The summed E-state index contributed by atoms with van der Waals surface area (Å²) in [6.07, 6.45) is 2.71. The SMILES string of the molecule is COc1ccc(OCCC[NH2+]Cc2ccco2)cc1. The normalized spacial score (nSPS) is 10.4. The maximum absolute atomic E-state index is 5.64. The fraction of sp³-hybridized carbons (Fsp3) is 0.333. The standard InChI is InChI=1S/C15H19NO3/c1-17-13-5-7-14(8-6-13)18-11-3-9-16-12-15-4-2-10-19-15/h2,4-8,10,16H,3,9,11-12H2,1H3/p+1. The second kappa shape index (κ2) is 7.48. The van der Waals surface area contributed by atoms with Crippen LogP contribution in [0.2, 0.25) is 0 Å². The van der Waals surface area contributed by atoms with Gasteiger partial charge in [-0.1, -0.05) is 0 Å². The first kappa shape index (κ1) is 13.5. The lowest BCUT2D eigenvalue weighted by molar-refractivity contribution is -0.672. The summed E-state index contributed by atoms with van der Waals surface area (Å²) < 4.78 is 16.0. The maximum atomic E-state index is 5.64. The van der Waals surface area contributed by atoms with E-state index < -0.39 is 0 Å². The van der Waals surface area contributed by atoms with Gasteiger partial charge in [-0.05, 0) is 36.4 Å². The molecule has 2 aromatic rings. The van der Waals surface area contributed by atoms with E-state index in [1.807, 2.05) is 36.4 Å². The summed E-state index contributed by atoms with van der Waals surface area (Å²) in [6.45, 7) is 2.63. The van der Waals surface area contributed by atoms with Crippen molar-refractivity contribution in [2.24, 2.45) is 0 Å². The quantitative estimate of drug-likeness (QED) is 0.738. The molecule has 0 atom stereocenters. The summed E-state index contributed by atoms with van der Waals surface area (Å²) in [7, 11) is 1.66. The molecule has 1 aromatic heterocycles. The number of hydrogen-bond acceptors (Lipinski definition) is 3. The van der Waals surface area contributed by atoms with Gasteiger partial charge in [-0.2, -0.15) is 0 Å². The Bertz CT molecular complexity index is 451. The molecule has 2 rings (SSSR count). The number of rotatable bonds is 8. The van der Waals surface area contributed by atoms with Crippen LogP contribution < -0.4 is 14.8 Å². The topological polar surface area (TPSA) is 48.2 Å². The molecule has 0 aliphatic carbocycles. The van der Waals surface area contributed by atoms with E-state index >= 15 is 0 Å². The van der Waals surface area contributed by atoms with E-state index in [4.69, 9.17) is 13.9 Å². The van der Waals surface area contributed by atoms with Crippen LogP contribution in [0.5, 0.6) is 11.5 Å². The smallest absolute Gasteiger partial charge is 0.157 e. The van der Waals surface area contributed by atoms with Gasteiger partial charge in [0.1, 0.15) is 18.0 Å². The Labute approximate surface area is 113 Å². The molecule has 2 N–H and O–H groups in total. The van der Waals surface area contributed by atoms with Crippen LogP contribution in [0.1, 0.15) is 12.2 Å². The lowest BCUT2D eigenvalue weighted by Gasteiger charge is -2.06. The van der Waals surface area contributed by atoms with Crippen LogP contribution in [0.15, 0.2) is 47.1 Å². The van der Waals surface area contributed by atoms with E-state index in [-0.39, 0.29) is 0 Å². The Morgan fingerprint density at radius 2 is 1.89 bits per heavy atom. The zero-order valence-corrected chi connectivity index (χ0v) is 11.2. The van der Waals surface area contributed by atoms with E-state index in [1.165, 1.54) is 0 Å². The third-order valence-corrected chi connectivity index (χ3v) is 2.81. The highest BCUT2D eigenvalue weighted by Gasteiger charge is 1.99. The molecule has 0 unspecified atom stereocenters. The molecule has 0 amide bonds. The van der Waals surface area contributed by atoms with Crippen molar-refractivity contribution in [3.05, 3.63) is 48.4 Å². The Morgan fingerprint density at radius 3 is 2.58 bits per heavy atom. The summed E-state index contributed by atoms with van der Waals surface area (Å²) >= 11 is 0. The van der Waals surface area contributed by atoms with Gasteiger partial charge in [0.2, 0.25) is 0 Å². The van der Waals surface area contributed by atoms with Gasteiger partial charge in [-0.25, -0.2) is 0 Å². The molecule has 0 aliphatic rings. The number of methoxy groups -OCH3 is 1. The number of ether oxygens (including phenoxy) is 2. The molecule has 0 radical (unpaired) electrons. The molecule has 0 saturated carbocycles. The Kier molecular flexibility index (Phi) is 5.31. The minimum absolute atomic E-state index is 0.723. The third-order valence-electron chi connectivity index (χ3n) is 2.81. The molecule has 1 aromatic carbocycles. The van der Waals surface area contributed by atoms with Gasteiger partial charge in [0.15, 0.2) is 5.76 Å². The Balaban J connectivity index is 1.56. The molecule has 4 heteroatoms. The van der Waals surface area contributed by atoms with E-state index in [0.29, 0.717) is 0 Å². The second-order valence-electron chi connectivity index (χ2n) is 4.24. The van der Waals surface area contributed by atoms with Crippen molar-refractivity contribution in [2.75, 3.05) is 20.3 Å². The zero-order valence-electron chi connectivity index (χ0n) is 11.2. The number of hydrogen-bond donors (Lipinski definition) is 1. The number of furan rings is 1. The first-order valence-corrected chi connectivity index (χ1v) is 6.49. The highest BCUT2D eigenvalue weighted by Crippen LogP contribution is 2.16. The third kappa shape index (κ3) is 4.67. The van der Waals surface area contributed by atoms with E-state index in [0.717, 1.165) is 43.4 Å². The van der Waals surface area contributed by atoms with E-state index in [2.05, 4.69) is 5.32 Å². The van der Waals surface area contributed by atoms with Crippen LogP contribution in [0.4, 0.5) is 0 Å². The molecule has 0 spiro atoms. The molecule has 0 aliphatic heterocycles. The van der Waals surface area contributed by atoms with Crippen LogP contribution in [0.25, 0.3) is 0 Å². The van der Waals surface area contributed by atoms with Crippen molar-refractivity contribution in [1.82, 2.24) is 0 Å². The minimum atomic E-state index is 0.723. The predicted molar refractivity (Wildman–Crippen MR) is 72.3 cm³/mol. The van der Waals surface area contributed by atoms with Crippen LogP contribution in [0.3, 0.4) is 0 Å². The molecule has 0 bridgehead atoms.